The molecule has 0 amide bonds. The molecule has 0 atom stereocenters. The Hall–Kier alpha value is -3.76. The number of aromatic nitrogens is 5. The van der Waals surface area contributed by atoms with Crippen molar-refractivity contribution in [1.82, 2.24) is 30.5 Å². The van der Waals surface area contributed by atoms with Crippen LogP contribution in [-0.4, -0.2) is 49.0 Å². The molecule has 1 saturated heterocycles. The number of rotatable bonds is 5. The van der Waals surface area contributed by atoms with Crippen molar-refractivity contribution in [2.75, 3.05) is 18.8 Å². The molecule has 5 rings (SSSR count). The van der Waals surface area contributed by atoms with Crippen LogP contribution >= 0.6 is 0 Å². The predicted molar refractivity (Wildman–Crippen MR) is 123 cm³/mol. The number of hydrogen-bond donors (Lipinski definition) is 3. The minimum atomic E-state index is -1.07. The van der Waals surface area contributed by atoms with Crippen LogP contribution < -0.4 is 11.1 Å². The van der Waals surface area contributed by atoms with Gasteiger partial charge >= 0.3 is 0 Å². The second-order valence-electron chi connectivity index (χ2n) is 8.49. The molecular formula is C24H23F2N7O. The first-order valence-corrected chi connectivity index (χ1v) is 10.9. The number of benzene rings is 2. The smallest absolute Gasteiger partial charge is 0.190 e. The lowest BCUT2D eigenvalue weighted by Crippen LogP contribution is -2.43. The van der Waals surface area contributed by atoms with Crippen LogP contribution in [0.1, 0.15) is 18.4 Å². The fraction of sp³-hybridized carbons (Fsp3) is 0.250. The quantitative estimate of drug-likeness (QED) is 0.417. The summed E-state index contributed by atoms with van der Waals surface area (Å²) >= 11 is 0. The molecule has 174 valence electrons. The van der Waals surface area contributed by atoms with Crippen LogP contribution in [0.4, 0.5) is 14.6 Å². The van der Waals surface area contributed by atoms with Crippen LogP contribution in [0.5, 0.6) is 0 Å². The summed E-state index contributed by atoms with van der Waals surface area (Å²) in [6, 6.07) is 13.4. The van der Waals surface area contributed by atoms with E-state index in [9.17, 15) is 13.9 Å². The molecule has 1 aliphatic heterocycles. The maximum Gasteiger partial charge on any atom is 0.190 e. The van der Waals surface area contributed by atoms with Gasteiger partial charge in [0.15, 0.2) is 17.5 Å². The zero-order valence-corrected chi connectivity index (χ0v) is 18.2. The molecule has 0 bridgehead atoms. The van der Waals surface area contributed by atoms with Gasteiger partial charge in [0.25, 0.3) is 0 Å². The Morgan fingerprint density at radius 3 is 2.59 bits per heavy atom. The number of nitrogens with zero attached hydrogens (tertiary/aromatic N) is 5. The molecule has 34 heavy (non-hydrogen) atoms. The van der Waals surface area contributed by atoms with Crippen molar-refractivity contribution < 1.29 is 13.9 Å². The summed E-state index contributed by atoms with van der Waals surface area (Å²) in [6.07, 6.45) is 3.67. The van der Waals surface area contributed by atoms with Gasteiger partial charge in [0, 0.05) is 18.2 Å². The lowest BCUT2D eigenvalue weighted by molar-refractivity contribution is 0.0109. The number of hydrogen-bond acceptors (Lipinski definition) is 7. The Morgan fingerprint density at radius 1 is 1.06 bits per heavy atom. The van der Waals surface area contributed by atoms with Crippen LogP contribution in [0.25, 0.3) is 28.2 Å². The first kappa shape index (κ1) is 22.1. The van der Waals surface area contributed by atoms with E-state index in [-0.39, 0.29) is 17.3 Å². The Balaban J connectivity index is 1.46. The molecule has 1 aliphatic rings. The minimum Gasteiger partial charge on any atom is -0.389 e. The fourth-order valence-electron chi connectivity index (χ4n) is 4.25. The maximum atomic E-state index is 14.4. The number of piperidine rings is 1. The highest BCUT2D eigenvalue weighted by Crippen LogP contribution is 2.31. The Morgan fingerprint density at radius 2 is 1.82 bits per heavy atom. The van der Waals surface area contributed by atoms with Gasteiger partial charge in [-0.25, -0.2) is 13.8 Å². The van der Waals surface area contributed by atoms with E-state index in [2.05, 4.69) is 25.8 Å². The third-order valence-electron chi connectivity index (χ3n) is 6.14. The summed E-state index contributed by atoms with van der Waals surface area (Å²) in [4.78, 5) is 4.27. The SMILES string of the molecule is Nc1ncc(-c2ccc(CC3(O)CCNCC3)cc2)cc1-c1nnnn1-c1cccc(F)c1F. The highest BCUT2D eigenvalue weighted by Gasteiger charge is 2.29. The minimum absolute atomic E-state index is 0.134. The normalized spacial score (nSPS) is 15.4. The van der Waals surface area contributed by atoms with Crippen molar-refractivity contribution in [2.45, 2.75) is 24.9 Å². The number of pyridine rings is 1. The molecule has 3 heterocycles. The Kier molecular flexibility index (Phi) is 5.76. The molecule has 8 nitrogen and oxygen atoms in total. The molecule has 2 aromatic heterocycles. The van der Waals surface area contributed by atoms with Gasteiger partial charge in [-0.05, 0) is 65.7 Å². The van der Waals surface area contributed by atoms with E-state index < -0.39 is 17.2 Å². The van der Waals surface area contributed by atoms with Gasteiger partial charge in [-0.15, -0.1) is 5.10 Å². The third kappa shape index (κ3) is 4.25. The Labute approximate surface area is 194 Å². The average Bonchev–Trinajstić information content (AvgIpc) is 3.31. The monoisotopic (exact) mass is 463 g/mol. The average molecular weight is 463 g/mol. The molecule has 0 spiro atoms. The van der Waals surface area contributed by atoms with E-state index in [0.717, 1.165) is 53.4 Å². The van der Waals surface area contributed by atoms with Crippen LogP contribution in [0, 0.1) is 11.6 Å². The predicted octanol–water partition coefficient (Wildman–Crippen LogP) is 2.91. The van der Waals surface area contributed by atoms with Crippen LogP contribution in [0.3, 0.4) is 0 Å². The molecular weight excluding hydrogens is 440 g/mol. The van der Waals surface area contributed by atoms with Crippen molar-refractivity contribution in [2.24, 2.45) is 0 Å². The lowest BCUT2D eigenvalue weighted by atomic mass is 9.86. The maximum absolute atomic E-state index is 14.4. The van der Waals surface area contributed by atoms with E-state index in [1.807, 2.05) is 24.3 Å². The molecule has 4 N–H and O–H groups in total. The summed E-state index contributed by atoms with van der Waals surface area (Å²) in [5.41, 5.74) is 8.34. The van der Waals surface area contributed by atoms with Crippen LogP contribution in [0.2, 0.25) is 0 Å². The van der Waals surface area contributed by atoms with Crippen molar-refractivity contribution in [1.29, 1.82) is 0 Å². The number of tetrazole rings is 1. The summed E-state index contributed by atoms with van der Waals surface area (Å²) in [6.45, 7) is 1.63. The summed E-state index contributed by atoms with van der Waals surface area (Å²) < 4.78 is 29.2. The summed E-state index contributed by atoms with van der Waals surface area (Å²) in [5, 5.41) is 25.5. The zero-order chi connectivity index (χ0) is 23.7. The van der Waals surface area contributed by atoms with Crippen LogP contribution in [0.15, 0.2) is 54.7 Å². The molecule has 0 aliphatic carbocycles. The topological polar surface area (TPSA) is 115 Å². The molecule has 1 fully saturated rings. The van der Waals surface area contributed by atoms with Gasteiger partial charge in [0.2, 0.25) is 0 Å². The zero-order valence-electron chi connectivity index (χ0n) is 18.2. The number of aliphatic hydroxyl groups is 1. The van der Waals surface area contributed by atoms with Gasteiger partial charge in [0.05, 0.1) is 11.2 Å². The van der Waals surface area contributed by atoms with Crippen molar-refractivity contribution >= 4 is 5.82 Å². The van der Waals surface area contributed by atoms with Gasteiger partial charge < -0.3 is 16.2 Å². The number of anilines is 1. The number of nitrogen functional groups attached to an aromatic ring is 1. The summed E-state index contributed by atoms with van der Waals surface area (Å²) in [7, 11) is 0. The molecule has 0 unspecified atom stereocenters. The molecule has 10 heteroatoms. The first-order chi connectivity index (χ1) is 16.4. The molecule has 0 saturated carbocycles. The van der Waals surface area contributed by atoms with Crippen molar-refractivity contribution in [3.05, 3.63) is 71.9 Å². The largest absolute Gasteiger partial charge is 0.389 e. The number of nitrogens with one attached hydrogen (secondary N) is 1. The van der Waals surface area contributed by atoms with Gasteiger partial charge in [-0.2, -0.15) is 4.68 Å². The highest BCUT2D eigenvalue weighted by molar-refractivity contribution is 5.76. The van der Waals surface area contributed by atoms with Crippen LogP contribution in [-0.2, 0) is 6.42 Å². The standard InChI is InChI=1S/C24H23F2N7O/c25-19-2-1-3-20(21(19)26)33-23(30-31-32-33)18-12-17(14-29-22(18)27)16-6-4-15(5-7-16)13-24(34)8-10-28-11-9-24/h1-7,12,14,28,34H,8-11,13H2,(H2,27,29). The number of nitrogens with two attached hydrogens (primary N) is 1. The second-order valence-corrected chi connectivity index (χ2v) is 8.49. The summed E-state index contributed by atoms with van der Waals surface area (Å²) in [5.74, 6) is -1.78. The Bertz CT molecular complexity index is 1320. The van der Waals surface area contributed by atoms with E-state index in [1.165, 1.54) is 12.1 Å². The van der Waals surface area contributed by atoms with Crippen molar-refractivity contribution in [3.8, 4) is 28.2 Å². The van der Waals surface area contributed by atoms with E-state index >= 15 is 0 Å². The van der Waals surface area contributed by atoms with Gasteiger partial charge in [-0.3, -0.25) is 0 Å². The van der Waals surface area contributed by atoms with E-state index in [1.54, 1.807) is 12.3 Å². The third-order valence-corrected chi connectivity index (χ3v) is 6.14. The first-order valence-electron chi connectivity index (χ1n) is 10.9. The molecule has 0 radical (unpaired) electrons. The van der Waals surface area contributed by atoms with Gasteiger partial charge in [0.1, 0.15) is 11.5 Å². The van der Waals surface area contributed by atoms with Gasteiger partial charge in [-0.1, -0.05) is 30.3 Å². The lowest BCUT2D eigenvalue weighted by Gasteiger charge is -2.32. The number of halogens is 2. The van der Waals surface area contributed by atoms with E-state index in [0.29, 0.717) is 12.0 Å². The molecule has 2 aromatic carbocycles. The molecule has 4 aromatic rings. The fourth-order valence-corrected chi connectivity index (χ4v) is 4.25. The second kappa shape index (κ2) is 8.88. The van der Waals surface area contributed by atoms with Crippen molar-refractivity contribution in [3.63, 3.8) is 0 Å². The van der Waals surface area contributed by atoms with E-state index in [4.69, 9.17) is 5.73 Å². The highest BCUT2D eigenvalue weighted by atomic mass is 19.2.